The Morgan fingerprint density at radius 2 is 1.83 bits per heavy atom. The molecule has 2 atom stereocenters. The number of amides is 1. The molecule has 0 aromatic heterocycles. The van der Waals surface area contributed by atoms with Crippen molar-refractivity contribution in [1.29, 1.82) is 0 Å². The molecule has 0 saturated carbocycles. The molecule has 1 heterocycles. The van der Waals surface area contributed by atoms with E-state index in [4.69, 9.17) is 19.9 Å². The summed E-state index contributed by atoms with van der Waals surface area (Å²) < 4.78 is 17.2. The molecule has 2 N–H and O–H groups in total. The third kappa shape index (κ3) is 5.41. The summed E-state index contributed by atoms with van der Waals surface area (Å²) in [6, 6.07) is 15.1. The van der Waals surface area contributed by atoms with Crippen LogP contribution in [0.2, 0.25) is 0 Å². The Labute approximate surface area is 172 Å². The van der Waals surface area contributed by atoms with Crippen LogP contribution in [0.15, 0.2) is 48.5 Å². The van der Waals surface area contributed by atoms with E-state index in [1.165, 1.54) is 0 Å². The highest BCUT2D eigenvalue weighted by atomic mass is 16.5. The summed E-state index contributed by atoms with van der Waals surface area (Å²) in [6.45, 7) is 6.58. The molecule has 1 saturated heterocycles. The van der Waals surface area contributed by atoms with Crippen molar-refractivity contribution >= 4 is 5.91 Å². The van der Waals surface area contributed by atoms with E-state index in [0.29, 0.717) is 55.9 Å². The zero-order valence-electron chi connectivity index (χ0n) is 17.2. The van der Waals surface area contributed by atoms with Crippen molar-refractivity contribution in [3.8, 4) is 17.2 Å². The molecule has 6 heteroatoms. The van der Waals surface area contributed by atoms with Gasteiger partial charge in [-0.05, 0) is 63.1 Å². The average molecular weight is 399 g/mol. The van der Waals surface area contributed by atoms with E-state index in [-0.39, 0.29) is 11.9 Å². The number of hydrogen-bond donors (Lipinski definition) is 1. The van der Waals surface area contributed by atoms with Crippen molar-refractivity contribution in [2.45, 2.75) is 26.3 Å². The largest absolute Gasteiger partial charge is 0.490 e. The first-order valence-electron chi connectivity index (χ1n) is 10.2. The minimum Gasteiger partial charge on any atom is -0.490 e. The maximum absolute atomic E-state index is 13.0. The Morgan fingerprint density at radius 1 is 1.07 bits per heavy atom. The zero-order chi connectivity index (χ0) is 20.6. The summed E-state index contributed by atoms with van der Waals surface area (Å²) in [5.74, 6) is 2.35. The number of benzene rings is 2. The van der Waals surface area contributed by atoms with Crippen LogP contribution >= 0.6 is 0 Å². The maximum Gasteiger partial charge on any atom is 0.254 e. The summed E-state index contributed by atoms with van der Waals surface area (Å²) in [4.78, 5) is 14.9. The number of carbonyl (C=O) groups excluding carboxylic acids is 1. The predicted octanol–water partition coefficient (Wildman–Crippen LogP) is 3.35. The third-order valence-electron chi connectivity index (χ3n) is 5.10. The first-order valence-corrected chi connectivity index (χ1v) is 10.2. The number of ether oxygens (including phenoxy) is 3. The van der Waals surface area contributed by atoms with Gasteiger partial charge >= 0.3 is 0 Å². The first-order chi connectivity index (χ1) is 14.1. The van der Waals surface area contributed by atoms with Gasteiger partial charge in [-0.2, -0.15) is 0 Å². The molecule has 0 bridgehead atoms. The quantitative estimate of drug-likeness (QED) is 0.656. The standard InChI is InChI=1S/C23H30N2O4/c1-3-27-22-14-19(23(26)25-16-18(15-24)13-17(25)2)9-10-21(22)29-12-11-28-20-7-5-4-6-8-20/h4-10,14,17-18H,3,11-13,15-16,24H2,1-2H3. The smallest absolute Gasteiger partial charge is 0.254 e. The highest BCUT2D eigenvalue weighted by Crippen LogP contribution is 2.31. The van der Waals surface area contributed by atoms with E-state index in [9.17, 15) is 4.79 Å². The lowest BCUT2D eigenvalue weighted by atomic mass is 10.1. The van der Waals surface area contributed by atoms with Gasteiger partial charge in [0.05, 0.1) is 6.61 Å². The van der Waals surface area contributed by atoms with E-state index in [0.717, 1.165) is 12.2 Å². The van der Waals surface area contributed by atoms with Gasteiger partial charge in [0.25, 0.3) is 5.91 Å². The fraction of sp³-hybridized carbons (Fsp3) is 0.435. The molecule has 156 valence electrons. The minimum atomic E-state index is 0.00774. The van der Waals surface area contributed by atoms with Crippen molar-refractivity contribution in [1.82, 2.24) is 4.90 Å². The van der Waals surface area contributed by atoms with Crippen LogP contribution in [-0.4, -0.2) is 49.8 Å². The summed E-state index contributed by atoms with van der Waals surface area (Å²) in [6.07, 6.45) is 0.948. The van der Waals surface area contributed by atoms with Crippen LogP contribution in [0.5, 0.6) is 17.2 Å². The van der Waals surface area contributed by atoms with Crippen molar-refractivity contribution < 1.29 is 19.0 Å². The molecule has 1 aliphatic heterocycles. The van der Waals surface area contributed by atoms with E-state index >= 15 is 0 Å². The monoisotopic (exact) mass is 398 g/mol. The van der Waals surface area contributed by atoms with Crippen molar-refractivity contribution in [2.24, 2.45) is 11.7 Å². The average Bonchev–Trinajstić information content (AvgIpc) is 3.13. The molecular weight excluding hydrogens is 368 g/mol. The van der Waals surface area contributed by atoms with Crippen LogP contribution in [0.1, 0.15) is 30.6 Å². The molecule has 0 radical (unpaired) electrons. The molecule has 29 heavy (non-hydrogen) atoms. The fourth-order valence-corrected chi connectivity index (χ4v) is 3.62. The lowest BCUT2D eigenvalue weighted by Crippen LogP contribution is -2.34. The molecule has 2 aromatic carbocycles. The van der Waals surface area contributed by atoms with Gasteiger partial charge in [-0.25, -0.2) is 0 Å². The molecule has 3 rings (SSSR count). The molecule has 6 nitrogen and oxygen atoms in total. The summed E-state index contributed by atoms with van der Waals surface area (Å²) in [5, 5.41) is 0. The second-order valence-electron chi connectivity index (χ2n) is 7.25. The van der Waals surface area contributed by atoms with Gasteiger partial charge in [-0.1, -0.05) is 18.2 Å². The first kappa shape index (κ1) is 21.0. The Bertz CT molecular complexity index is 797. The number of para-hydroxylation sites is 1. The van der Waals surface area contributed by atoms with Crippen molar-refractivity contribution in [2.75, 3.05) is 32.9 Å². The lowest BCUT2D eigenvalue weighted by Gasteiger charge is -2.22. The van der Waals surface area contributed by atoms with Gasteiger partial charge in [0.1, 0.15) is 19.0 Å². The van der Waals surface area contributed by atoms with Crippen LogP contribution in [0.25, 0.3) is 0 Å². The van der Waals surface area contributed by atoms with E-state index < -0.39 is 0 Å². The summed E-state index contributed by atoms with van der Waals surface area (Å²) in [7, 11) is 0. The van der Waals surface area contributed by atoms with Gasteiger partial charge in [0.15, 0.2) is 11.5 Å². The van der Waals surface area contributed by atoms with Gasteiger partial charge in [0.2, 0.25) is 0 Å². The topological polar surface area (TPSA) is 74.0 Å². The van der Waals surface area contributed by atoms with Crippen LogP contribution < -0.4 is 19.9 Å². The van der Waals surface area contributed by atoms with E-state index in [1.807, 2.05) is 42.2 Å². The van der Waals surface area contributed by atoms with Gasteiger partial charge < -0.3 is 24.8 Å². The van der Waals surface area contributed by atoms with Gasteiger partial charge in [-0.15, -0.1) is 0 Å². The second kappa shape index (κ2) is 10.2. The molecule has 0 aliphatic carbocycles. The second-order valence-corrected chi connectivity index (χ2v) is 7.25. The molecule has 2 unspecified atom stereocenters. The van der Waals surface area contributed by atoms with Crippen LogP contribution in [-0.2, 0) is 0 Å². The number of rotatable bonds is 9. The van der Waals surface area contributed by atoms with E-state index in [1.54, 1.807) is 18.2 Å². The number of carbonyl (C=O) groups is 1. The number of nitrogens with zero attached hydrogens (tertiary/aromatic N) is 1. The predicted molar refractivity (Wildman–Crippen MR) is 113 cm³/mol. The Kier molecular flexibility index (Phi) is 7.36. The highest BCUT2D eigenvalue weighted by molar-refractivity contribution is 5.95. The Hall–Kier alpha value is -2.73. The molecular formula is C23H30N2O4. The van der Waals surface area contributed by atoms with Crippen LogP contribution in [0.3, 0.4) is 0 Å². The van der Waals surface area contributed by atoms with E-state index in [2.05, 4.69) is 6.92 Å². The third-order valence-corrected chi connectivity index (χ3v) is 5.10. The molecule has 1 fully saturated rings. The number of nitrogens with two attached hydrogens (primary N) is 1. The zero-order valence-corrected chi connectivity index (χ0v) is 17.2. The minimum absolute atomic E-state index is 0.00774. The van der Waals surface area contributed by atoms with Gasteiger partial charge in [-0.3, -0.25) is 4.79 Å². The lowest BCUT2D eigenvalue weighted by molar-refractivity contribution is 0.0743. The number of hydrogen-bond acceptors (Lipinski definition) is 5. The summed E-state index contributed by atoms with van der Waals surface area (Å²) >= 11 is 0. The molecule has 1 amide bonds. The SMILES string of the molecule is CCOc1cc(C(=O)N2CC(CN)CC2C)ccc1OCCOc1ccccc1. The molecule has 2 aromatic rings. The normalized spacial score (nSPS) is 18.5. The Morgan fingerprint density at radius 3 is 2.52 bits per heavy atom. The number of likely N-dealkylation sites (tertiary alicyclic amines) is 1. The molecule has 0 spiro atoms. The summed E-state index contributed by atoms with van der Waals surface area (Å²) in [5.41, 5.74) is 6.39. The van der Waals surface area contributed by atoms with Gasteiger partial charge in [0, 0.05) is 18.2 Å². The van der Waals surface area contributed by atoms with Crippen LogP contribution in [0, 0.1) is 5.92 Å². The van der Waals surface area contributed by atoms with Crippen LogP contribution in [0.4, 0.5) is 0 Å². The van der Waals surface area contributed by atoms with Crippen molar-refractivity contribution in [3.63, 3.8) is 0 Å². The fourth-order valence-electron chi connectivity index (χ4n) is 3.62. The maximum atomic E-state index is 13.0. The van der Waals surface area contributed by atoms with Crippen molar-refractivity contribution in [3.05, 3.63) is 54.1 Å². The highest BCUT2D eigenvalue weighted by Gasteiger charge is 2.32. The Balaban J connectivity index is 1.62. The molecule has 1 aliphatic rings.